The Morgan fingerprint density at radius 3 is 3.00 bits per heavy atom. The fraction of sp³-hybridized carbons (Fsp3) is 0.750. The van der Waals surface area contributed by atoms with Gasteiger partial charge in [0.1, 0.15) is 5.76 Å². The highest BCUT2D eigenvalue weighted by molar-refractivity contribution is 7.98. The van der Waals surface area contributed by atoms with Gasteiger partial charge >= 0.3 is 0 Å². The van der Waals surface area contributed by atoms with Gasteiger partial charge in [0.05, 0.1) is 5.69 Å². The number of nitrogens with zero attached hydrogens (tertiary/aromatic N) is 1. The van der Waals surface area contributed by atoms with E-state index in [-0.39, 0.29) is 0 Å². The average molecular weight is 223 g/mol. The van der Waals surface area contributed by atoms with Crippen LogP contribution in [-0.4, -0.2) is 10.9 Å². The number of hydrogen-bond acceptors (Lipinski definition) is 3. The van der Waals surface area contributed by atoms with E-state index in [1.165, 1.54) is 54.9 Å². The smallest absolute Gasteiger partial charge is 0.140 e. The van der Waals surface area contributed by atoms with E-state index >= 15 is 0 Å². The molecule has 0 bridgehead atoms. The second-order valence-corrected chi connectivity index (χ2v) is 5.73. The number of rotatable bonds is 4. The number of aromatic nitrogens is 1. The van der Waals surface area contributed by atoms with Crippen molar-refractivity contribution in [2.45, 2.75) is 44.3 Å². The van der Waals surface area contributed by atoms with Gasteiger partial charge < -0.3 is 4.52 Å². The lowest BCUT2D eigenvalue weighted by atomic mass is 9.97. The van der Waals surface area contributed by atoms with Crippen molar-refractivity contribution in [1.29, 1.82) is 0 Å². The van der Waals surface area contributed by atoms with Gasteiger partial charge in [-0.25, -0.2) is 0 Å². The van der Waals surface area contributed by atoms with E-state index in [2.05, 4.69) is 5.16 Å². The molecule has 2 nitrogen and oxygen atoms in total. The van der Waals surface area contributed by atoms with Crippen LogP contribution in [0.5, 0.6) is 0 Å². The quantitative estimate of drug-likeness (QED) is 0.784. The Hall–Kier alpha value is -0.440. The number of fused-ring (bicyclic) bond motifs is 1. The maximum Gasteiger partial charge on any atom is 0.140 e. The number of aryl methyl sites for hydroxylation is 1. The molecule has 15 heavy (non-hydrogen) atoms. The predicted octanol–water partition coefficient (Wildman–Crippen LogP) is 3.20. The molecular formula is C12H17NOS. The molecular weight excluding hydrogens is 206 g/mol. The molecule has 0 spiro atoms. The van der Waals surface area contributed by atoms with Crippen LogP contribution in [0.25, 0.3) is 0 Å². The Morgan fingerprint density at radius 1 is 1.27 bits per heavy atom. The normalized spacial score (nSPS) is 20.3. The zero-order valence-corrected chi connectivity index (χ0v) is 9.81. The Kier molecular flexibility index (Phi) is 2.74. The Balaban J connectivity index is 1.60. The van der Waals surface area contributed by atoms with Gasteiger partial charge in [-0.05, 0) is 43.8 Å². The highest BCUT2D eigenvalue weighted by Crippen LogP contribution is 2.34. The first-order valence-corrected chi connectivity index (χ1v) is 7.13. The fourth-order valence-electron chi connectivity index (χ4n) is 2.17. The first-order chi connectivity index (χ1) is 7.43. The molecule has 1 saturated carbocycles. The van der Waals surface area contributed by atoms with Gasteiger partial charge in [-0.15, -0.1) is 0 Å². The van der Waals surface area contributed by atoms with Crippen LogP contribution in [0.1, 0.15) is 42.7 Å². The third kappa shape index (κ3) is 2.22. The van der Waals surface area contributed by atoms with Crippen molar-refractivity contribution in [2.75, 3.05) is 5.75 Å². The summed E-state index contributed by atoms with van der Waals surface area (Å²) in [6.45, 7) is 0. The van der Waals surface area contributed by atoms with Crippen LogP contribution in [0.3, 0.4) is 0 Å². The lowest BCUT2D eigenvalue weighted by molar-refractivity contribution is 0.369. The lowest BCUT2D eigenvalue weighted by Gasteiger charge is -2.08. The van der Waals surface area contributed by atoms with Crippen LogP contribution < -0.4 is 0 Å². The fourth-order valence-corrected chi connectivity index (χ4v) is 3.37. The average Bonchev–Trinajstić information content (AvgIpc) is 3.00. The minimum absolute atomic E-state index is 1.01. The monoisotopic (exact) mass is 223 g/mol. The Labute approximate surface area is 94.8 Å². The van der Waals surface area contributed by atoms with Gasteiger partial charge in [-0.1, -0.05) is 5.16 Å². The second-order valence-electron chi connectivity index (χ2n) is 4.70. The second kappa shape index (κ2) is 4.20. The lowest BCUT2D eigenvalue weighted by Crippen LogP contribution is -2.01. The summed E-state index contributed by atoms with van der Waals surface area (Å²) in [5.74, 6) is 4.57. The highest BCUT2D eigenvalue weighted by Gasteiger charge is 2.22. The summed E-state index contributed by atoms with van der Waals surface area (Å²) < 4.78 is 5.40. The van der Waals surface area contributed by atoms with Crippen LogP contribution >= 0.6 is 11.8 Å². The minimum Gasteiger partial charge on any atom is -0.361 e. The first kappa shape index (κ1) is 9.76. The summed E-state index contributed by atoms with van der Waals surface area (Å²) >= 11 is 2.03. The molecule has 0 N–H and O–H groups in total. The van der Waals surface area contributed by atoms with E-state index in [9.17, 15) is 0 Å². The summed E-state index contributed by atoms with van der Waals surface area (Å²) in [6.07, 6.45) is 7.78. The largest absolute Gasteiger partial charge is 0.361 e. The van der Waals surface area contributed by atoms with Crippen molar-refractivity contribution in [1.82, 2.24) is 5.16 Å². The molecule has 0 amide bonds. The van der Waals surface area contributed by atoms with Crippen molar-refractivity contribution in [2.24, 2.45) is 5.92 Å². The van der Waals surface area contributed by atoms with Crippen molar-refractivity contribution < 1.29 is 4.52 Å². The van der Waals surface area contributed by atoms with Gasteiger partial charge in [0.2, 0.25) is 0 Å². The van der Waals surface area contributed by atoms with E-state index < -0.39 is 0 Å². The number of hydrogen-bond donors (Lipinski definition) is 0. The maximum absolute atomic E-state index is 5.40. The molecule has 0 saturated heterocycles. The van der Waals surface area contributed by atoms with Gasteiger partial charge in [-0.3, -0.25) is 0 Å². The topological polar surface area (TPSA) is 26.0 Å². The third-order valence-electron chi connectivity index (χ3n) is 3.32. The van der Waals surface area contributed by atoms with Crippen molar-refractivity contribution in [3.8, 4) is 0 Å². The van der Waals surface area contributed by atoms with E-state index in [0.717, 1.165) is 18.1 Å². The highest BCUT2D eigenvalue weighted by atomic mass is 32.2. The van der Waals surface area contributed by atoms with Crippen LogP contribution in [0.15, 0.2) is 4.52 Å². The molecule has 2 aliphatic carbocycles. The molecule has 3 heteroatoms. The Bertz CT molecular complexity index is 343. The van der Waals surface area contributed by atoms with E-state index in [4.69, 9.17) is 4.52 Å². The molecule has 0 aliphatic heterocycles. The maximum atomic E-state index is 5.40. The van der Waals surface area contributed by atoms with E-state index in [0.29, 0.717) is 0 Å². The zero-order chi connectivity index (χ0) is 10.1. The standard InChI is InChI=1S/C12H17NOS/c1-2-4-12-10(3-1)11(13-14-12)8-15-7-9-5-6-9/h9H,1-8H2. The molecule has 0 radical (unpaired) electrons. The third-order valence-corrected chi connectivity index (χ3v) is 4.51. The summed E-state index contributed by atoms with van der Waals surface area (Å²) in [7, 11) is 0. The first-order valence-electron chi connectivity index (χ1n) is 5.97. The Morgan fingerprint density at radius 2 is 2.13 bits per heavy atom. The summed E-state index contributed by atoms with van der Waals surface area (Å²) in [5, 5.41) is 4.22. The summed E-state index contributed by atoms with van der Waals surface area (Å²) in [5.41, 5.74) is 2.67. The molecule has 1 aromatic heterocycles. The van der Waals surface area contributed by atoms with Crippen molar-refractivity contribution in [3.05, 3.63) is 17.0 Å². The van der Waals surface area contributed by atoms with Crippen LogP contribution in [0, 0.1) is 5.92 Å². The van der Waals surface area contributed by atoms with Gasteiger partial charge in [-0.2, -0.15) is 11.8 Å². The molecule has 2 aliphatic rings. The molecule has 0 unspecified atom stereocenters. The molecule has 1 heterocycles. The van der Waals surface area contributed by atoms with Gasteiger partial charge in [0.15, 0.2) is 0 Å². The summed E-state index contributed by atoms with van der Waals surface area (Å²) in [4.78, 5) is 0. The van der Waals surface area contributed by atoms with E-state index in [1.807, 2.05) is 11.8 Å². The van der Waals surface area contributed by atoms with Crippen LogP contribution in [0.4, 0.5) is 0 Å². The van der Waals surface area contributed by atoms with Crippen molar-refractivity contribution in [3.63, 3.8) is 0 Å². The number of thioether (sulfide) groups is 1. The molecule has 0 aromatic carbocycles. The van der Waals surface area contributed by atoms with Gasteiger partial charge in [0.25, 0.3) is 0 Å². The molecule has 0 atom stereocenters. The van der Waals surface area contributed by atoms with Crippen molar-refractivity contribution >= 4 is 11.8 Å². The van der Waals surface area contributed by atoms with Gasteiger partial charge in [0, 0.05) is 17.7 Å². The molecule has 3 rings (SSSR count). The van der Waals surface area contributed by atoms with Crippen LogP contribution in [0.2, 0.25) is 0 Å². The minimum atomic E-state index is 1.01. The molecule has 1 aromatic rings. The summed E-state index contributed by atoms with van der Waals surface area (Å²) in [6, 6.07) is 0. The SMILES string of the molecule is C1CCc2c(CSCC3CC3)noc2C1. The van der Waals surface area contributed by atoms with E-state index in [1.54, 1.807) is 0 Å². The predicted molar refractivity (Wildman–Crippen MR) is 62.0 cm³/mol. The molecule has 1 fully saturated rings. The zero-order valence-electron chi connectivity index (χ0n) is 9.00. The van der Waals surface area contributed by atoms with Crippen LogP contribution in [-0.2, 0) is 18.6 Å². The molecule has 82 valence electrons.